The van der Waals surface area contributed by atoms with Crippen LogP contribution in [0.5, 0.6) is 0 Å². The number of aromatic nitrogens is 2. The van der Waals surface area contributed by atoms with E-state index in [1.165, 1.54) is 6.20 Å². The molecule has 1 aromatic carbocycles. The molecule has 0 aliphatic rings. The van der Waals surface area contributed by atoms with Crippen LogP contribution in [0.2, 0.25) is 5.02 Å². The Hall–Kier alpha value is -1.66. The van der Waals surface area contributed by atoms with Gasteiger partial charge in [-0.1, -0.05) is 11.6 Å². The van der Waals surface area contributed by atoms with Gasteiger partial charge in [-0.05, 0) is 47.5 Å². The first-order valence-corrected chi connectivity index (χ1v) is 6.85. The van der Waals surface area contributed by atoms with Crippen LogP contribution in [-0.2, 0) is 0 Å². The van der Waals surface area contributed by atoms with Gasteiger partial charge in [0.2, 0.25) is 5.95 Å². The molecule has 0 unspecified atom stereocenters. The lowest BCUT2D eigenvalue weighted by Gasteiger charge is -2.10. The lowest BCUT2D eigenvalue weighted by Crippen LogP contribution is -2.06. The minimum absolute atomic E-state index is 0.0801. The predicted molar refractivity (Wildman–Crippen MR) is 80.9 cm³/mol. The zero-order chi connectivity index (χ0) is 14.9. The molecule has 0 saturated heterocycles. The molecule has 5 nitrogen and oxygen atoms in total. The first-order valence-electron chi connectivity index (χ1n) is 5.68. The molecule has 0 spiro atoms. The quantitative estimate of drug-likeness (QED) is 0.871. The van der Waals surface area contributed by atoms with Crippen molar-refractivity contribution in [2.75, 3.05) is 5.32 Å². The monoisotopic (exact) mass is 355 g/mol. The Morgan fingerprint density at radius 1 is 1.40 bits per heavy atom. The first kappa shape index (κ1) is 14.7. The Balaban J connectivity index is 2.33. The van der Waals surface area contributed by atoms with Crippen LogP contribution in [0.4, 0.5) is 11.6 Å². The number of carboxylic acid groups (broad SMARTS) is 1. The van der Waals surface area contributed by atoms with Crippen molar-refractivity contribution in [2.24, 2.45) is 0 Å². The van der Waals surface area contributed by atoms with Gasteiger partial charge in [-0.2, -0.15) is 0 Å². The number of benzene rings is 1. The van der Waals surface area contributed by atoms with E-state index in [1.54, 1.807) is 13.0 Å². The Morgan fingerprint density at radius 2 is 2.10 bits per heavy atom. The van der Waals surface area contributed by atoms with E-state index in [2.05, 4.69) is 31.2 Å². The zero-order valence-electron chi connectivity index (χ0n) is 10.7. The minimum atomic E-state index is -1.05. The number of hydrogen-bond acceptors (Lipinski definition) is 4. The van der Waals surface area contributed by atoms with Crippen molar-refractivity contribution in [3.8, 4) is 0 Å². The van der Waals surface area contributed by atoms with Crippen LogP contribution >= 0.6 is 27.5 Å². The molecule has 2 aromatic rings. The summed E-state index contributed by atoms with van der Waals surface area (Å²) >= 11 is 9.49. The average molecular weight is 357 g/mol. The molecule has 0 bridgehead atoms. The van der Waals surface area contributed by atoms with Crippen LogP contribution in [-0.4, -0.2) is 21.0 Å². The fourth-order valence-corrected chi connectivity index (χ4v) is 2.32. The normalized spacial score (nSPS) is 10.4. The third kappa shape index (κ3) is 3.08. The molecule has 2 rings (SSSR count). The molecule has 20 heavy (non-hydrogen) atoms. The third-order valence-corrected chi connectivity index (χ3v) is 3.77. The van der Waals surface area contributed by atoms with Crippen molar-refractivity contribution in [3.05, 3.63) is 44.6 Å². The second-order valence-corrected chi connectivity index (χ2v) is 5.47. The van der Waals surface area contributed by atoms with Crippen molar-refractivity contribution in [2.45, 2.75) is 13.8 Å². The number of halogens is 2. The minimum Gasteiger partial charge on any atom is -0.478 e. The van der Waals surface area contributed by atoms with Crippen molar-refractivity contribution in [1.29, 1.82) is 0 Å². The standard InChI is InChI=1S/C13H11BrClN3O2/c1-6-3-9(14)11(4-10(6)15)18-13-16-5-8(12(19)20)7(2)17-13/h3-5H,1-2H3,(H,19,20)(H,16,17,18). The van der Waals surface area contributed by atoms with Gasteiger partial charge in [0.05, 0.1) is 16.9 Å². The van der Waals surface area contributed by atoms with Crippen LogP contribution in [0.1, 0.15) is 21.6 Å². The zero-order valence-corrected chi connectivity index (χ0v) is 13.1. The number of carbonyl (C=O) groups is 1. The predicted octanol–water partition coefficient (Wildman–Crippen LogP) is 3.95. The van der Waals surface area contributed by atoms with Crippen molar-refractivity contribution in [1.82, 2.24) is 9.97 Å². The molecule has 104 valence electrons. The highest BCUT2D eigenvalue weighted by molar-refractivity contribution is 9.10. The van der Waals surface area contributed by atoms with Crippen LogP contribution < -0.4 is 5.32 Å². The molecule has 7 heteroatoms. The highest BCUT2D eigenvalue weighted by Gasteiger charge is 2.11. The second kappa shape index (κ2) is 5.76. The number of aryl methyl sites for hydroxylation is 2. The highest BCUT2D eigenvalue weighted by Crippen LogP contribution is 2.30. The summed E-state index contributed by atoms with van der Waals surface area (Å²) < 4.78 is 0.822. The van der Waals surface area contributed by atoms with Gasteiger partial charge in [0, 0.05) is 15.7 Å². The second-order valence-electron chi connectivity index (χ2n) is 4.20. The fourth-order valence-electron chi connectivity index (χ4n) is 1.60. The van der Waals surface area contributed by atoms with Crippen LogP contribution in [0.15, 0.2) is 22.8 Å². The molecule has 1 aromatic heterocycles. The number of nitrogens with zero attached hydrogens (tertiary/aromatic N) is 2. The smallest absolute Gasteiger partial charge is 0.339 e. The van der Waals surface area contributed by atoms with Gasteiger partial charge in [-0.25, -0.2) is 14.8 Å². The Kier molecular flexibility index (Phi) is 4.25. The maximum absolute atomic E-state index is 10.9. The van der Waals surface area contributed by atoms with Crippen LogP contribution in [0, 0.1) is 13.8 Å². The lowest BCUT2D eigenvalue weighted by molar-refractivity contribution is 0.0695. The Bertz CT molecular complexity index is 692. The molecule has 0 amide bonds. The van der Waals surface area contributed by atoms with Gasteiger partial charge in [-0.15, -0.1) is 0 Å². The summed E-state index contributed by atoms with van der Waals surface area (Å²) in [5, 5.41) is 12.6. The fraction of sp³-hybridized carbons (Fsp3) is 0.154. The molecular formula is C13H11BrClN3O2. The van der Waals surface area contributed by atoms with Gasteiger partial charge in [0.15, 0.2) is 0 Å². The first-order chi connectivity index (χ1) is 9.38. The molecule has 0 atom stereocenters. The van der Waals surface area contributed by atoms with Crippen LogP contribution in [0.25, 0.3) is 0 Å². The summed E-state index contributed by atoms with van der Waals surface area (Å²) in [6.07, 6.45) is 1.27. The number of anilines is 2. The summed E-state index contributed by atoms with van der Waals surface area (Å²) in [5.41, 5.74) is 2.13. The van der Waals surface area contributed by atoms with E-state index in [9.17, 15) is 4.79 Å². The summed E-state index contributed by atoms with van der Waals surface area (Å²) in [6.45, 7) is 3.52. The van der Waals surface area contributed by atoms with Gasteiger partial charge in [0.1, 0.15) is 0 Å². The SMILES string of the molecule is Cc1cc(Br)c(Nc2ncc(C(=O)O)c(C)n2)cc1Cl. The molecule has 1 heterocycles. The largest absolute Gasteiger partial charge is 0.478 e. The van der Waals surface area contributed by atoms with E-state index >= 15 is 0 Å². The summed E-state index contributed by atoms with van der Waals surface area (Å²) in [4.78, 5) is 19.0. The van der Waals surface area contributed by atoms with Crippen molar-refractivity contribution >= 4 is 45.1 Å². The van der Waals surface area contributed by atoms with Gasteiger partial charge < -0.3 is 10.4 Å². The van der Waals surface area contributed by atoms with Gasteiger partial charge in [-0.3, -0.25) is 0 Å². The number of rotatable bonds is 3. The Morgan fingerprint density at radius 3 is 2.70 bits per heavy atom. The topological polar surface area (TPSA) is 75.1 Å². The summed E-state index contributed by atoms with van der Waals surface area (Å²) in [6, 6.07) is 3.63. The number of carboxylic acids is 1. The molecule has 0 aliphatic heterocycles. The number of aromatic carboxylic acids is 1. The lowest BCUT2D eigenvalue weighted by atomic mass is 10.2. The molecule has 0 saturated carbocycles. The van der Waals surface area contributed by atoms with Crippen molar-refractivity contribution in [3.63, 3.8) is 0 Å². The highest BCUT2D eigenvalue weighted by atomic mass is 79.9. The van der Waals surface area contributed by atoms with E-state index in [0.29, 0.717) is 22.4 Å². The molecular weight excluding hydrogens is 346 g/mol. The molecule has 0 fully saturated rings. The third-order valence-electron chi connectivity index (χ3n) is 2.70. The van der Waals surface area contributed by atoms with E-state index in [0.717, 1.165) is 10.0 Å². The van der Waals surface area contributed by atoms with Gasteiger partial charge >= 0.3 is 5.97 Å². The maximum Gasteiger partial charge on any atom is 0.339 e. The Labute approximate surface area is 129 Å². The molecule has 0 aliphatic carbocycles. The maximum atomic E-state index is 10.9. The van der Waals surface area contributed by atoms with E-state index in [4.69, 9.17) is 16.7 Å². The molecule has 0 radical (unpaired) electrons. The summed E-state index contributed by atoms with van der Waals surface area (Å²) in [5.74, 6) is -0.735. The van der Waals surface area contributed by atoms with Crippen LogP contribution in [0.3, 0.4) is 0 Å². The average Bonchev–Trinajstić information content (AvgIpc) is 2.35. The van der Waals surface area contributed by atoms with E-state index < -0.39 is 5.97 Å². The van der Waals surface area contributed by atoms with Gasteiger partial charge in [0.25, 0.3) is 0 Å². The molecule has 2 N–H and O–H groups in total. The van der Waals surface area contributed by atoms with Crippen molar-refractivity contribution < 1.29 is 9.90 Å². The number of hydrogen-bond donors (Lipinski definition) is 2. The van der Waals surface area contributed by atoms with E-state index in [1.807, 2.05) is 13.0 Å². The number of nitrogens with one attached hydrogen (secondary N) is 1. The summed E-state index contributed by atoms with van der Waals surface area (Å²) in [7, 11) is 0. The van der Waals surface area contributed by atoms with E-state index in [-0.39, 0.29) is 5.56 Å².